The van der Waals surface area contributed by atoms with Crippen LogP contribution in [0.3, 0.4) is 0 Å². The topological polar surface area (TPSA) is 38.7 Å². The zero-order valence-electron chi connectivity index (χ0n) is 34.7. The lowest BCUT2D eigenvalue weighted by molar-refractivity contribution is 0.741. The molecule has 3 nitrogen and oxygen atoms in total. The Balaban J connectivity index is 1.27. The van der Waals surface area contributed by atoms with Gasteiger partial charge in [-0.2, -0.15) is 0 Å². The highest BCUT2D eigenvalue weighted by atomic mass is 32.1. The number of fused-ring (bicyclic) bond motifs is 6. The number of allylic oxidation sites excluding steroid dienone is 4. The van der Waals surface area contributed by atoms with Crippen LogP contribution in [0.15, 0.2) is 170 Å². The first-order valence-corrected chi connectivity index (χ1v) is 22.4. The van der Waals surface area contributed by atoms with Gasteiger partial charge in [-0.1, -0.05) is 166 Å². The van der Waals surface area contributed by atoms with Gasteiger partial charge in [0, 0.05) is 31.3 Å². The number of benzene rings is 7. The van der Waals surface area contributed by atoms with Crippen molar-refractivity contribution >= 4 is 37.1 Å². The van der Waals surface area contributed by atoms with Gasteiger partial charge in [0.15, 0.2) is 17.5 Å². The third-order valence-corrected chi connectivity index (χ3v) is 14.2. The number of hydrogen-bond donors (Lipinski definition) is 0. The van der Waals surface area contributed by atoms with Gasteiger partial charge in [-0.15, -0.1) is 11.3 Å². The second kappa shape index (κ2) is 15.1. The molecule has 7 aromatic carbocycles. The summed E-state index contributed by atoms with van der Waals surface area (Å²) in [6, 6.07) is 56.4. The molecule has 0 atom stereocenters. The molecule has 0 aliphatic heterocycles. The van der Waals surface area contributed by atoms with Gasteiger partial charge in [0.2, 0.25) is 0 Å². The van der Waals surface area contributed by atoms with E-state index < -0.39 is 5.41 Å². The second-order valence-electron chi connectivity index (χ2n) is 16.3. The van der Waals surface area contributed by atoms with Crippen LogP contribution in [0.4, 0.5) is 0 Å². The van der Waals surface area contributed by atoms with E-state index in [2.05, 4.69) is 191 Å². The highest BCUT2D eigenvalue weighted by Gasteiger charge is 2.49. The number of nitrogens with zero attached hydrogens (tertiary/aromatic N) is 3. The lowest BCUT2D eigenvalue weighted by atomic mass is 9.64. The highest BCUT2D eigenvalue weighted by Crippen LogP contribution is 2.60. The van der Waals surface area contributed by atoms with E-state index in [1.807, 2.05) is 11.3 Å². The smallest absolute Gasteiger partial charge is 0.164 e. The van der Waals surface area contributed by atoms with Crippen LogP contribution < -0.4 is 0 Å². The minimum absolute atomic E-state index is 0.592. The zero-order valence-corrected chi connectivity index (χ0v) is 35.6. The predicted octanol–water partition coefficient (Wildman–Crippen LogP) is 14.8. The van der Waals surface area contributed by atoms with Crippen molar-refractivity contribution in [2.24, 2.45) is 0 Å². The van der Waals surface area contributed by atoms with Crippen LogP contribution in [-0.4, -0.2) is 15.0 Å². The van der Waals surface area contributed by atoms with Gasteiger partial charge in [0.1, 0.15) is 0 Å². The van der Waals surface area contributed by atoms with Crippen molar-refractivity contribution < 1.29 is 0 Å². The third-order valence-electron chi connectivity index (χ3n) is 13.0. The molecule has 2 aliphatic carbocycles. The predicted molar refractivity (Wildman–Crippen MR) is 256 cm³/mol. The van der Waals surface area contributed by atoms with Gasteiger partial charge < -0.3 is 0 Å². The molecule has 4 heteroatoms. The summed E-state index contributed by atoms with van der Waals surface area (Å²) in [5.41, 5.74) is 16.5. The van der Waals surface area contributed by atoms with Gasteiger partial charge in [0.25, 0.3) is 0 Å². The molecule has 2 aromatic heterocycles. The molecular formula is C57H45N3S. The first-order valence-electron chi connectivity index (χ1n) is 21.6. The fraction of sp³-hybridized carbons (Fsp3) is 0.140. The summed E-state index contributed by atoms with van der Waals surface area (Å²) in [6.07, 6.45) is 10.2. The summed E-state index contributed by atoms with van der Waals surface area (Å²) < 4.78 is 2.61. The lowest BCUT2D eigenvalue weighted by Crippen LogP contribution is -2.31. The van der Waals surface area contributed by atoms with E-state index in [1.165, 1.54) is 75.8 Å². The van der Waals surface area contributed by atoms with Crippen molar-refractivity contribution in [2.75, 3.05) is 0 Å². The van der Waals surface area contributed by atoms with Gasteiger partial charge >= 0.3 is 0 Å². The van der Waals surface area contributed by atoms with Crippen molar-refractivity contribution in [3.8, 4) is 45.0 Å². The Labute approximate surface area is 361 Å². The number of rotatable bonds is 8. The summed E-state index contributed by atoms with van der Waals surface area (Å²) in [5.74, 6) is 2.14. The first kappa shape index (κ1) is 37.3. The summed E-state index contributed by atoms with van der Waals surface area (Å²) >= 11 is 1.87. The number of thiophene rings is 1. The van der Waals surface area contributed by atoms with Crippen molar-refractivity contribution in [1.82, 2.24) is 15.0 Å². The van der Waals surface area contributed by atoms with E-state index in [9.17, 15) is 0 Å². The fourth-order valence-electron chi connectivity index (χ4n) is 10.2. The summed E-state index contributed by atoms with van der Waals surface area (Å²) in [7, 11) is 0. The summed E-state index contributed by atoms with van der Waals surface area (Å²) in [6.45, 7) is 6.71. The minimum Gasteiger partial charge on any atom is -0.209 e. The van der Waals surface area contributed by atoms with E-state index in [4.69, 9.17) is 15.0 Å². The number of hydrogen-bond acceptors (Lipinski definition) is 4. The van der Waals surface area contributed by atoms with Crippen LogP contribution in [0, 0.1) is 6.92 Å². The molecule has 0 radical (unpaired) electrons. The molecule has 0 bridgehead atoms. The quantitative estimate of drug-likeness (QED) is 0.154. The van der Waals surface area contributed by atoms with Crippen LogP contribution >= 0.6 is 11.3 Å². The van der Waals surface area contributed by atoms with Crippen molar-refractivity contribution in [1.29, 1.82) is 0 Å². The van der Waals surface area contributed by atoms with Crippen LogP contribution in [0.5, 0.6) is 0 Å². The monoisotopic (exact) mass is 803 g/mol. The fourth-order valence-corrected chi connectivity index (χ4v) is 11.4. The Hall–Kier alpha value is -6.75. The van der Waals surface area contributed by atoms with E-state index in [-0.39, 0.29) is 0 Å². The molecular weight excluding hydrogens is 759 g/mol. The van der Waals surface area contributed by atoms with Gasteiger partial charge in [-0.3, -0.25) is 0 Å². The van der Waals surface area contributed by atoms with Crippen molar-refractivity contribution in [3.05, 3.63) is 215 Å². The Kier molecular flexibility index (Phi) is 9.20. The molecule has 0 unspecified atom stereocenters. The number of aryl methyl sites for hydroxylation is 3. The molecule has 0 saturated carbocycles. The van der Waals surface area contributed by atoms with Crippen LogP contribution in [0.25, 0.3) is 70.8 Å². The van der Waals surface area contributed by atoms with Crippen molar-refractivity contribution in [2.45, 2.75) is 51.9 Å². The van der Waals surface area contributed by atoms with E-state index in [0.29, 0.717) is 11.6 Å². The lowest BCUT2D eigenvalue weighted by Gasteiger charge is -2.37. The van der Waals surface area contributed by atoms with E-state index in [1.54, 1.807) is 0 Å². The van der Waals surface area contributed by atoms with Crippen LogP contribution in [-0.2, 0) is 18.3 Å². The molecule has 2 heterocycles. The molecule has 0 saturated heterocycles. The standard InChI is InChI=1S/C57H45N3S/c1-4-37-20-10-14-28-46(37)57(47-29-15-11-21-38(47)5-2)48-34-33-40(42-26-18-32-51-53(42)43-25-13-16-31-50(43)61-51)35-45(48)52-44(27-17-30-49(52)57)56-59-54(39-22-7-6-8-23-39)58-55(60-56)41-24-12-9-19-36(41)3/h6-7,9-22,24-35H,4-5,8,23H2,1-3H3. The number of aromatic nitrogens is 3. The van der Waals surface area contributed by atoms with Crippen LogP contribution in [0.2, 0.25) is 0 Å². The highest BCUT2D eigenvalue weighted by molar-refractivity contribution is 7.25. The maximum Gasteiger partial charge on any atom is 0.164 e. The van der Waals surface area contributed by atoms with Gasteiger partial charge in [-0.25, -0.2) is 15.0 Å². The average Bonchev–Trinajstić information content (AvgIpc) is 3.85. The molecule has 0 N–H and O–H groups in total. The zero-order chi connectivity index (χ0) is 41.1. The largest absolute Gasteiger partial charge is 0.209 e. The first-order chi connectivity index (χ1) is 30.1. The Morgan fingerprint density at radius 3 is 1.92 bits per heavy atom. The molecule has 61 heavy (non-hydrogen) atoms. The van der Waals surface area contributed by atoms with Crippen LogP contribution in [0.1, 0.15) is 71.5 Å². The van der Waals surface area contributed by atoms with Crippen molar-refractivity contribution in [3.63, 3.8) is 0 Å². The summed E-state index contributed by atoms with van der Waals surface area (Å²) in [4.78, 5) is 16.0. The Bertz CT molecular complexity index is 3210. The molecule has 9 aromatic rings. The summed E-state index contributed by atoms with van der Waals surface area (Å²) in [5, 5.41) is 2.62. The maximum absolute atomic E-state index is 5.42. The molecule has 0 amide bonds. The normalized spacial score (nSPS) is 14.0. The molecule has 0 spiro atoms. The van der Waals surface area contributed by atoms with Gasteiger partial charge in [-0.05, 0) is 118 Å². The maximum atomic E-state index is 5.42. The average molecular weight is 804 g/mol. The third kappa shape index (κ3) is 5.88. The molecule has 0 fully saturated rings. The minimum atomic E-state index is -0.592. The Morgan fingerprint density at radius 1 is 0.541 bits per heavy atom. The molecule has 11 rings (SSSR count). The van der Waals surface area contributed by atoms with E-state index in [0.717, 1.165) is 53.8 Å². The Morgan fingerprint density at radius 2 is 1.16 bits per heavy atom. The SMILES string of the molecule is CCc1ccccc1C1(c2ccccc2CC)c2ccc(-c3cccc4sc5ccccc5c34)cc2-c2c(-c3nc(C4=CC=CCC4)nc(-c4ccccc4C)n3)cccc21. The van der Waals surface area contributed by atoms with Gasteiger partial charge in [0.05, 0.1) is 5.41 Å². The second-order valence-corrected chi connectivity index (χ2v) is 17.4. The molecule has 294 valence electrons. The van der Waals surface area contributed by atoms with E-state index >= 15 is 0 Å². The molecule has 2 aliphatic rings.